The molecule has 0 bridgehead atoms. The van der Waals surface area contributed by atoms with Crippen molar-refractivity contribution >= 4 is 14.0 Å². The number of phenols is 1. The van der Waals surface area contributed by atoms with Crippen molar-refractivity contribution in [1.29, 1.82) is 0 Å². The summed E-state index contributed by atoms with van der Waals surface area (Å²) in [6.45, 7) is 6.33. The summed E-state index contributed by atoms with van der Waals surface area (Å²) in [6, 6.07) is 14.9. The third-order valence-electron chi connectivity index (χ3n) is 3.06. The number of phenolic OH excluding ortho intramolecular Hbond substituents is 1. The van der Waals surface area contributed by atoms with Gasteiger partial charge < -0.3 is 0 Å². The van der Waals surface area contributed by atoms with E-state index in [0.717, 1.165) is 7.14 Å². The molecular weight excluding hydrogens is 483 g/mol. The van der Waals surface area contributed by atoms with Gasteiger partial charge in [0, 0.05) is 0 Å². The van der Waals surface area contributed by atoms with Crippen molar-refractivity contribution in [3.05, 3.63) is 55.7 Å². The van der Waals surface area contributed by atoms with E-state index < -0.39 is 30.0 Å². The Morgan fingerprint density at radius 1 is 0.778 bits per heavy atom. The van der Waals surface area contributed by atoms with Gasteiger partial charge in [-0.15, -0.1) is 0 Å². The summed E-state index contributed by atoms with van der Waals surface area (Å²) in [7, 11) is -3.59. The Balaban J connectivity index is 2.32. The van der Waals surface area contributed by atoms with Gasteiger partial charge in [-0.3, -0.25) is 0 Å². The minimum absolute atomic E-state index is 0.256. The van der Waals surface area contributed by atoms with Gasteiger partial charge in [-0.1, -0.05) is 0 Å². The monoisotopic (exact) mass is 507 g/mol. The summed E-state index contributed by atoms with van der Waals surface area (Å²) in [4.78, 5) is 15.4. The fourth-order valence-electron chi connectivity index (χ4n) is 1.99. The van der Waals surface area contributed by atoms with E-state index >= 15 is 0 Å². The summed E-state index contributed by atoms with van der Waals surface area (Å²) < 4.78 is 18.7. The second kappa shape index (κ2) is 11.7. The average molecular weight is 507 g/mol. The van der Waals surface area contributed by atoms with Gasteiger partial charge in [0.15, 0.2) is 0 Å². The molecule has 0 amide bonds. The molecule has 0 atom stereocenters. The first-order valence-electron chi connectivity index (χ1n) is 8.59. The normalized spacial score (nSPS) is 11.8. The summed E-state index contributed by atoms with van der Waals surface area (Å²) in [5.41, 5.74) is 0. The summed E-state index contributed by atoms with van der Waals surface area (Å²) in [5, 5.41) is 10.3. The second-order valence-electron chi connectivity index (χ2n) is 5.11. The van der Waals surface area contributed by atoms with Crippen LogP contribution >= 0.6 is 0 Å². The third kappa shape index (κ3) is 6.80. The molecule has 0 aromatic heterocycles. The Hall–Kier alpha value is -1.05. The molecule has 27 heavy (non-hydrogen) atoms. The number of hydrogen-bond donors (Lipinski definition) is 1. The predicted molar refractivity (Wildman–Crippen MR) is 95.5 cm³/mol. The number of rotatable bonds is 12. The van der Waals surface area contributed by atoms with Crippen molar-refractivity contribution in [1.82, 2.24) is 0 Å². The van der Waals surface area contributed by atoms with Crippen molar-refractivity contribution in [2.75, 3.05) is 19.8 Å². The van der Waals surface area contributed by atoms with E-state index in [0.29, 0.717) is 25.0 Å². The molecule has 0 aliphatic heterocycles. The standard InChI is InChI=1S/C18H24IO7Si/c1-4-21-24-27(25-22-5-2,26-23-6-3)18-12-8-10-16(14-18)19-15-9-7-11-17(20)13-15/h7-14,20H,4-6H2,1-3H3/q-1. The summed E-state index contributed by atoms with van der Waals surface area (Å²) in [5.74, 6) is 0.256. The number of hydrogen-bond acceptors (Lipinski definition) is 7. The van der Waals surface area contributed by atoms with Crippen molar-refractivity contribution in [3.63, 3.8) is 0 Å². The molecule has 150 valence electrons. The van der Waals surface area contributed by atoms with Gasteiger partial charge in [0.25, 0.3) is 0 Å². The maximum atomic E-state index is 9.68. The molecule has 0 saturated heterocycles. The van der Waals surface area contributed by atoms with Crippen molar-refractivity contribution < 1.29 is 54.7 Å². The molecule has 2 aromatic carbocycles. The van der Waals surface area contributed by atoms with Gasteiger partial charge >= 0.3 is 171 Å². The zero-order valence-electron chi connectivity index (χ0n) is 15.5. The number of halogens is 1. The van der Waals surface area contributed by atoms with Crippen LogP contribution in [0.5, 0.6) is 5.75 Å². The Bertz CT molecular complexity index is 679. The van der Waals surface area contributed by atoms with Crippen LogP contribution in [0.1, 0.15) is 20.8 Å². The molecule has 7 nitrogen and oxygen atoms in total. The van der Waals surface area contributed by atoms with Crippen LogP contribution < -0.4 is 26.4 Å². The molecule has 9 heteroatoms. The first-order chi connectivity index (χ1) is 13.1. The Kier molecular flexibility index (Phi) is 9.65. The van der Waals surface area contributed by atoms with Crippen LogP contribution in [0.25, 0.3) is 0 Å². The fourth-order valence-corrected chi connectivity index (χ4v) is 6.57. The molecule has 0 aliphatic carbocycles. The molecule has 0 saturated carbocycles. The number of benzene rings is 2. The SMILES string of the molecule is CCOO[Si](OOCC)(OOCC)c1cccc([I-]c2cccc(O)c2)c1. The molecule has 1 N–H and O–H groups in total. The predicted octanol–water partition coefficient (Wildman–Crippen LogP) is -0.429. The molecule has 0 aliphatic rings. The van der Waals surface area contributed by atoms with Gasteiger partial charge in [0.05, 0.1) is 0 Å². The molecule has 0 unspecified atom stereocenters. The van der Waals surface area contributed by atoms with E-state index in [9.17, 15) is 5.11 Å². The van der Waals surface area contributed by atoms with E-state index in [1.165, 1.54) is 0 Å². The number of aromatic hydroxyl groups is 1. The van der Waals surface area contributed by atoms with E-state index in [2.05, 4.69) is 0 Å². The molecule has 0 spiro atoms. The zero-order valence-corrected chi connectivity index (χ0v) is 18.7. The quantitative estimate of drug-likeness (QED) is 0.181. The van der Waals surface area contributed by atoms with Crippen LogP contribution in [-0.2, 0) is 28.4 Å². The average Bonchev–Trinajstić information content (AvgIpc) is 2.68. The summed E-state index contributed by atoms with van der Waals surface area (Å²) in [6.07, 6.45) is 0. The Labute approximate surface area is 170 Å². The van der Waals surface area contributed by atoms with Crippen LogP contribution in [-0.4, -0.2) is 33.7 Å². The van der Waals surface area contributed by atoms with E-state index in [-0.39, 0.29) is 5.75 Å². The van der Waals surface area contributed by atoms with Crippen molar-refractivity contribution in [2.45, 2.75) is 20.8 Å². The topological polar surface area (TPSA) is 75.6 Å². The molecule has 0 fully saturated rings. The molecule has 2 aromatic rings. The Morgan fingerprint density at radius 3 is 1.81 bits per heavy atom. The fraction of sp³-hybridized carbons (Fsp3) is 0.333. The van der Waals surface area contributed by atoms with Gasteiger partial charge in [-0.05, 0) is 0 Å². The van der Waals surface area contributed by atoms with Gasteiger partial charge in [0.2, 0.25) is 0 Å². The molecular formula is C18H24IO7Si-. The van der Waals surface area contributed by atoms with Gasteiger partial charge in [-0.2, -0.15) is 0 Å². The van der Waals surface area contributed by atoms with Crippen LogP contribution in [0, 0.1) is 7.14 Å². The van der Waals surface area contributed by atoms with Crippen molar-refractivity contribution in [3.8, 4) is 5.75 Å². The van der Waals surface area contributed by atoms with Gasteiger partial charge in [0.1, 0.15) is 0 Å². The van der Waals surface area contributed by atoms with Crippen molar-refractivity contribution in [2.24, 2.45) is 0 Å². The van der Waals surface area contributed by atoms with E-state index in [4.69, 9.17) is 28.4 Å². The summed E-state index contributed by atoms with van der Waals surface area (Å²) >= 11 is -0.521. The molecule has 0 heterocycles. The zero-order chi connectivity index (χ0) is 19.5. The van der Waals surface area contributed by atoms with Crippen LogP contribution in [0.15, 0.2) is 48.5 Å². The minimum atomic E-state index is -3.59. The third-order valence-corrected chi connectivity index (χ3v) is 7.68. The van der Waals surface area contributed by atoms with Crippen LogP contribution in [0.4, 0.5) is 0 Å². The molecule has 2 rings (SSSR count). The van der Waals surface area contributed by atoms with E-state index in [1.54, 1.807) is 32.9 Å². The first kappa shape index (κ1) is 22.2. The molecule has 0 radical (unpaired) electrons. The van der Waals surface area contributed by atoms with Gasteiger partial charge in [-0.25, -0.2) is 0 Å². The maximum absolute atomic E-state index is 9.68. The van der Waals surface area contributed by atoms with E-state index in [1.807, 2.05) is 36.4 Å². The first-order valence-corrected chi connectivity index (χ1v) is 12.5. The van der Waals surface area contributed by atoms with Crippen LogP contribution in [0.3, 0.4) is 0 Å². The second-order valence-corrected chi connectivity index (χ2v) is 10.3. The van der Waals surface area contributed by atoms with Crippen LogP contribution in [0.2, 0.25) is 0 Å². The Morgan fingerprint density at radius 2 is 1.30 bits per heavy atom.